The molecule has 0 spiro atoms. The van der Waals surface area contributed by atoms with Gasteiger partial charge in [0, 0.05) is 11.6 Å². The summed E-state index contributed by atoms with van der Waals surface area (Å²) in [7, 11) is -3.84. The molecule has 0 aliphatic heterocycles. The van der Waals surface area contributed by atoms with E-state index < -0.39 is 16.6 Å². The average Bonchev–Trinajstić information content (AvgIpc) is 2.37. The van der Waals surface area contributed by atoms with Gasteiger partial charge < -0.3 is 5.11 Å². The van der Waals surface area contributed by atoms with Crippen molar-refractivity contribution in [3.05, 3.63) is 27.7 Å². The van der Waals surface area contributed by atoms with Crippen molar-refractivity contribution in [2.24, 2.45) is 0 Å². The highest BCUT2D eigenvalue weighted by molar-refractivity contribution is 7.89. The van der Waals surface area contributed by atoms with Crippen molar-refractivity contribution < 1.29 is 13.5 Å². The highest BCUT2D eigenvalue weighted by Gasteiger charge is 2.26. The maximum Gasteiger partial charge on any atom is 0.245 e. The highest BCUT2D eigenvalue weighted by atomic mass is 35.5. The fourth-order valence-electron chi connectivity index (χ4n) is 1.53. The Hall–Kier alpha value is -0.770. The van der Waals surface area contributed by atoms with Crippen LogP contribution in [0.3, 0.4) is 0 Å². The molecule has 1 aromatic carbocycles. The molecule has 4 nitrogen and oxygen atoms in total. The highest BCUT2D eigenvalue weighted by Crippen LogP contribution is 2.31. The standard InChI is InChI=1S/C12H13Cl2NO3S/c1-3-5-15(4-2)19(17,18)11-7-10(13)6-9(8-16)12(11)14/h1,6-7,16H,4-5,8H2,2H3. The molecule has 0 saturated heterocycles. The molecule has 19 heavy (non-hydrogen) atoms. The minimum atomic E-state index is -3.84. The summed E-state index contributed by atoms with van der Waals surface area (Å²) >= 11 is 11.8. The summed E-state index contributed by atoms with van der Waals surface area (Å²) in [4.78, 5) is -0.150. The summed E-state index contributed by atoms with van der Waals surface area (Å²) in [6, 6.07) is 2.66. The van der Waals surface area contributed by atoms with Crippen LogP contribution in [0.1, 0.15) is 12.5 Å². The van der Waals surface area contributed by atoms with Gasteiger partial charge in [-0.2, -0.15) is 4.31 Å². The van der Waals surface area contributed by atoms with Crippen molar-refractivity contribution in [2.45, 2.75) is 18.4 Å². The van der Waals surface area contributed by atoms with E-state index in [1.807, 2.05) is 0 Å². The van der Waals surface area contributed by atoms with E-state index in [0.717, 1.165) is 4.31 Å². The first-order valence-electron chi connectivity index (χ1n) is 5.40. The molecular weight excluding hydrogens is 309 g/mol. The number of aliphatic hydroxyl groups excluding tert-OH is 1. The summed E-state index contributed by atoms with van der Waals surface area (Å²) in [5.41, 5.74) is 0.254. The van der Waals surface area contributed by atoms with E-state index >= 15 is 0 Å². The van der Waals surface area contributed by atoms with E-state index in [1.54, 1.807) is 6.92 Å². The van der Waals surface area contributed by atoms with Gasteiger partial charge in [0.2, 0.25) is 10.0 Å². The third-order valence-electron chi connectivity index (χ3n) is 2.49. The lowest BCUT2D eigenvalue weighted by atomic mass is 10.2. The van der Waals surface area contributed by atoms with Gasteiger partial charge in [-0.25, -0.2) is 8.42 Å². The fourth-order valence-corrected chi connectivity index (χ4v) is 3.79. The molecule has 0 saturated carbocycles. The summed E-state index contributed by atoms with van der Waals surface area (Å²) in [5, 5.41) is 9.29. The Labute approximate surface area is 123 Å². The number of terminal acetylenes is 1. The van der Waals surface area contributed by atoms with Gasteiger partial charge in [-0.1, -0.05) is 36.0 Å². The predicted octanol–water partition coefficient (Wildman–Crippen LogP) is 2.13. The lowest BCUT2D eigenvalue weighted by molar-refractivity contribution is 0.281. The van der Waals surface area contributed by atoms with Crippen molar-refractivity contribution in [1.29, 1.82) is 0 Å². The first kappa shape index (κ1) is 16.3. The summed E-state index contributed by atoms with van der Waals surface area (Å²) < 4.78 is 25.9. The Morgan fingerprint density at radius 2 is 2.05 bits per heavy atom. The lowest BCUT2D eigenvalue weighted by Gasteiger charge is -2.19. The number of nitrogens with zero attached hydrogens (tertiary/aromatic N) is 1. The largest absolute Gasteiger partial charge is 0.392 e. The number of hydrogen-bond donors (Lipinski definition) is 1. The van der Waals surface area contributed by atoms with Crippen molar-refractivity contribution >= 4 is 33.2 Å². The maximum absolute atomic E-state index is 12.4. The van der Waals surface area contributed by atoms with Gasteiger partial charge in [-0.15, -0.1) is 6.42 Å². The SMILES string of the molecule is C#CCN(CC)S(=O)(=O)c1cc(Cl)cc(CO)c1Cl. The van der Waals surface area contributed by atoms with Crippen LogP contribution in [0.5, 0.6) is 0 Å². The van der Waals surface area contributed by atoms with Gasteiger partial charge in [0.25, 0.3) is 0 Å². The number of sulfonamides is 1. The van der Waals surface area contributed by atoms with E-state index in [1.165, 1.54) is 12.1 Å². The van der Waals surface area contributed by atoms with Crippen LogP contribution in [0, 0.1) is 12.3 Å². The molecular formula is C12H13Cl2NO3S. The summed E-state index contributed by atoms with van der Waals surface area (Å²) in [6.45, 7) is 1.42. The molecule has 0 aromatic heterocycles. The van der Waals surface area contributed by atoms with Gasteiger partial charge >= 0.3 is 0 Å². The number of benzene rings is 1. The first-order valence-corrected chi connectivity index (χ1v) is 7.60. The van der Waals surface area contributed by atoms with Crippen LogP contribution in [-0.4, -0.2) is 30.9 Å². The molecule has 0 fully saturated rings. The second-order valence-electron chi connectivity index (χ2n) is 3.67. The average molecular weight is 322 g/mol. The fraction of sp³-hybridized carbons (Fsp3) is 0.333. The van der Waals surface area contributed by atoms with E-state index in [0.29, 0.717) is 0 Å². The first-order chi connectivity index (χ1) is 8.88. The topological polar surface area (TPSA) is 57.6 Å². The number of hydrogen-bond acceptors (Lipinski definition) is 3. The van der Waals surface area contributed by atoms with E-state index in [9.17, 15) is 8.42 Å². The molecule has 0 aliphatic carbocycles. The molecule has 0 aliphatic rings. The van der Waals surface area contributed by atoms with Gasteiger partial charge in [0.1, 0.15) is 4.90 Å². The molecule has 0 radical (unpaired) electrons. The third kappa shape index (κ3) is 3.41. The smallest absolute Gasteiger partial charge is 0.245 e. The number of rotatable bonds is 5. The molecule has 0 heterocycles. The zero-order valence-electron chi connectivity index (χ0n) is 10.2. The van der Waals surface area contributed by atoms with Crippen molar-refractivity contribution in [3.63, 3.8) is 0 Å². The number of halogens is 2. The van der Waals surface area contributed by atoms with Gasteiger partial charge in [-0.05, 0) is 17.7 Å². The molecule has 0 atom stereocenters. The minimum Gasteiger partial charge on any atom is -0.392 e. The molecule has 0 unspecified atom stereocenters. The summed E-state index contributed by atoms with van der Waals surface area (Å²) in [6.07, 6.45) is 5.15. The molecule has 104 valence electrons. The van der Waals surface area contributed by atoms with Crippen LogP contribution in [0.15, 0.2) is 17.0 Å². The summed E-state index contributed by atoms with van der Waals surface area (Å²) in [5.74, 6) is 2.28. The zero-order chi connectivity index (χ0) is 14.6. The lowest BCUT2D eigenvalue weighted by Crippen LogP contribution is -2.31. The van der Waals surface area contributed by atoms with Crippen LogP contribution in [0.2, 0.25) is 10.0 Å². The van der Waals surface area contributed by atoms with Gasteiger partial charge in [0.05, 0.1) is 18.2 Å². The van der Waals surface area contributed by atoms with Crippen molar-refractivity contribution in [2.75, 3.05) is 13.1 Å². The molecule has 1 aromatic rings. The van der Waals surface area contributed by atoms with Crippen molar-refractivity contribution in [3.8, 4) is 12.3 Å². The minimum absolute atomic E-state index is 0.0395. The van der Waals surface area contributed by atoms with Crippen LogP contribution in [-0.2, 0) is 16.6 Å². The van der Waals surface area contributed by atoms with E-state index in [2.05, 4.69) is 5.92 Å². The monoisotopic (exact) mass is 321 g/mol. The van der Waals surface area contributed by atoms with Crippen molar-refractivity contribution in [1.82, 2.24) is 4.31 Å². The normalized spacial score (nSPS) is 11.6. The zero-order valence-corrected chi connectivity index (χ0v) is 12.6. The molecule has 1 N–H and O–H groups in total. The third-order valence-corrected chi connectivity index (χ3v) is 5.21. The Kier molecular flexibility index (Phi) is 5.65. The number of aliphatic hydroxyl groups is 1. The van der Waals surface area contributed by atoms with Crippen LogP contribution >= 0.6 is 23.2 Å². The van der Waals surface area contributed by atoms with Crippen LogP contribution < -0.4 is 0 Å². The molecule has 1 rings (SSSR count). The van der Waals surface area contributed by atoms with Crippen LogP contribution in [0.25, 0.3) is 0 Å². The van der Waals surface area contributed by atoms with Crippen LogP contribution in [0.4, 0.5) is 0 Å². The Morgan fingerprint density at radius 3 is 2.53 bits per heavy atom. The maximum atomic E-state index is 12.4. The molecule has 0 bridgehead atoms. The molecule has 0 amide bonds. The Bertz CT molecular complexity index is 608. The second kappa shape index (κ2) is 6.60. The van der Waals surface area contributed by atoms with Gasteiger partial charge in [0.15, 0.2) is 0 Å². The second-order valence-corrected chi connectivity index (χ2v) is 6.39. The Balaban J connectivity index is 3.44. The van der Waals surface area contributed by atoms with E-state index in [-0.39, 0.29) is 33.6 Å². The quantitative estimate of drug-likeness (QED) is 0.845. The molecule has 7 heteroatoms. The predicted molar refractivity (Wildman–Crippen MR) is 75.7 cm³/mol. The van der Waals surface area contributed by atoms with E-state index in [4.69, 9.17) is 34.7 Å². The Morgan fingerprint density at radius 1 is 1.42 bits per heavy atom. The van der Waals surface area contributed by atoms with Gasteiger partial charge in [-0.3, -0.25) is 0 Å².